The van der Waals surface area contributed by atoms with E-state index in [1.165, 1.54) is 17.4 Å². The Labute approximate surface area is 389 Å². The molecule has 1 aliphatic rings. The van der Waals surface area contributed by atoms with Crippen molar-refractivity contribution in [1.29, 1.82) is 0 Å². The van der Waals surface area contributed by atoms with E-state index in [0.717, 1.165) is 30.4 Å². The molecule has 4 aromatic carbocycles. The predicted molar refractivity (Wildman–Crippen MR) is 257 cm³/mol. The quantitative estimate of drug-likeness (QED) is 0.0606. The highest BCUT2D eigenvalue weighted by Gasteiger charge is 2.36. The molecule has 7 N–H and O–H groups in total. The van der Waals surface area contributed by atoms with Gasteiger partial charge >= 0.3 is 0 Å². The summed E-state index contributed by atoms with van der Waals surface area (Å²) in [5, 5.41) is 2.87. The van der Waals surface area contributed by atoms with Gasteiger partial charge in [0.05, 0.1) is 6.04 Å². The summed E-state index contributed by atoms with van der Waals surface area (Å²) in [6.07, 6.45) is 3.72. The summed E-state index contributed by atoms with van der Waals surface area (Å²) in [5.74, 6) is -2.92. The largest absolute Gasteiger partial charge is 0.492 e. The van der Waals surface area contributed by atoms with E-state index in [2.05, 4.69) is 36.5 Å². The van der Waals surface area contributed by atoms with Crippen molar-refractivity contribution in [2.45, 2.75) is 97.1 Å². The Morgan fingerprint density at radius 2 is 1.39 bits per heavy atom. The van der Waals surface area contributed by atoms with Crippen LogP contribution in [-0.2, 0) is 36.8 Å². The van der Waals surface area contributed by atoms with Crippen LogP contribution in [0.3, 0.4) is 0 Å². The summed E-state index contributed by atoms with van der Waals surface area (Å²) in [6, 6.07) is 24.2. The first-order chi connectivity index (χ1) is 31.8. The van der Waals surface area contributed by atoms with E-state index in [0.29, 0.717) is 58.7 Å². The van der Waals surface area contributed by atoms with E-state index in [-0.39, 0.29) is 75.8 Å². The fourth-order valence-corrected chi connectivity index (χ4v) is 8.36. The average Bonchev–Trinajstić information content (AvgIpc) is 3.32. The number of hydrogen-bond donors (Lipinski definition) is 4. The number of likely N-dealkylation sites (N-methyl/N-ethyl adjacent to an activating group) is 1. The molecule has 0 unspecified atom stereocenters. The van der Waals surface area contributed by atoms with Crippen LogP contribution < -0.4 is 32.0 Å². The van der Waals surface area contributed by atoms with Gasteiger partial charge in [0, 0.05) is 74.3 Å². The number of aryl methyl sites for hydroxylation is 1. The molecule has 0 aliphatic carbocycles. The minimum Gasteiger partial charge on any atom is -0.492 e. The standard InChI is InChI=1S/C53H67N5O8/c1-5-6-8-36-11-14-38(15-12-36)39-16-18-40(19-17-39)47(61)33-42(9-7-24-54)53(64)58(4)51-41-20-23-50(66-28-26-56)44(32-41)43-30-37(13-22-49(43)65-27-25-55)31-45(46(60)21-10-35(3)59)57-52(63)34(2)29-48(51)62/h11-20,22-23,30,32,34,42,45,51H,5-10,21,24-29,31,33,54-56H2,1-4H3,(H,57,63)/t34-,42-,45+,51+/m1/s1. The SMILES string of the molecule is CCCCc1ccc(-c2ccc(C(=O)C[C@@H](CCCN)C(=O)N(C)[C@@H]3C(=O)C[C@@H](C)C(=O)N[C@H](C(=O)CCC(C)=O)Cc4ccc(OCCN)c(c4)-c4cc3ccc4OCCN)cc2)cc1. The van der Waals surface area contributed by atoms with E-state index in [9.17, 15) is 28.8 Å². The predicted octanol–water partition coefficient (Wildman–Crippen LogP) is 6.74. The number of Topliss-reactive ketones (excluding diaryl/α,β-unsaturated/α-hetero) is 4. The maximum atomic E-state index is 14.8. The molecule has 0 radical (unpaired) electrons. The number of nitrogens with one attached hydrogen (secondary N) is 1. The Morgan fingerprint density at radius 1 is 0.773 bits per heavy atom. The Kier molecular flexibility index (Phi) is 19.3. The molecular weight excluding hydrogens is 835 g/mol. The van der Waals surface area contributed by atoms with Crippen LogP contribution in [-0.4, -0.2) is 85.8 Å². The number of rotatable bonds is 22. The molecule has 4 aromatic rings. The fourth-order valence-electron chi connectivity index (χ4n) is 8.36. The third kappa shape index (κ3) is 13.8. The molecule has 0 aromatic heterocycles. The van der Waals surface area contributed by atoms with Crippen molar-refractivity contribution in [3.05, 3.63) is 107 Å². The Balaban J connectivity index is 1.54. The molecular formula is C53H67N5O8. The Morgan fingerprint density at radius 3 is 2.00 bits per heavy atom. The van der Waals surface area contributed by atoms with Crippen LogP contribution in [0.4, 0.5) is 0 Å². The number of nitrogens with zero attached hydrogens (tertiary/aromatic N) is 1. The molecule has 0 saturated carbocycles. The maximum Gasteiger partial charge on any atom is 0.226 e. The monoisotopic (exact) mass is 901 g/mol. The number of ether oxygens (including phenoxy) is 2. The molecule has 1 heterocycles. The van der Waals surface area contributed by atoms with Crippen molar-refractivity contribution < 1.29 is 38.2 Å². The molecule has 13 nitrogen and oxygen atoms in total. The third-order valence-corrected chi connectivity index (χ3v) is 12.1. The number of hydrogen-bond acceptors (Lipinski definition) is 11. The minimum absolute atomic E-state index is 0.0192. The highest BCUT2D eigenvalue weighted by atomic mass is 16.5. The van der Waals surface area contributed by atoms with Gasteiger partial charge < -0.3 is 41.7 Å². The molecule has 66 heavy (non-hydrogen) atoms. The van der Waals surface area contributed by atoms with Gasteiger partial charge in [0.2, 0.25) is 11.8 Å². The number of carbonyl (C=O) groups excluding carboxylic acids is 6. The maximum absolute atomic E-state index is 14.8. The van der Waals surface area contributed by atoms with Gasteiger partial charge in [0.1, 0.15) is 36.5 Å². The number of unbranched alkanes of at least 4 members (excludes halogenated alkanes) is 1. The molecule has 5 rings (SSSR count). The molecule has 13 heteroatoms. The van der Waals surface area contributed by atoms with Gasteiger partial charge in [-0.2, -0.15) is 0 Å². The van der Waals surface area contributed by atoms with Crippen molar-refractivity contribution in [2.75, 3.05) is 39.9 Å². The van der Waals surface area contributed by atoms with Crippen LogP contribution in [0.25, 0.3) is 22.3 Å². The summed E-state index contributed by atoms with van der Waals surface area (Å²) in [7, 11) is 1.54. The number of fused-ring (bicyclic) bond motifs is 5. The molecule has 2 amide bonds. The summed E-state index contributed by atoms with van der Waals surface area (Å²) in [5.41, 5.74) is 23.7. The molecule has 1 aliphatic heterocycles. The molecule has 0 fully saturated rings. The van der Waals surface area contributed by atoms with Crippen molar-refractivity contribution in [3.8, 4) is 33.8 Å². The van der Waals surface area contributed by atoms with Crippen LogP contribution in [0.2, 0.25) is 0 Å². The van der Waals surface area contributed by atoms with Crippen LogP contribution in [0.5, 0.6) is 11.5 Å². The fraction of sp³-hybridized carbons (Fsp3) is 0.434. The Bertz CT molecular complexity index is 2310. The molecule has 352 valence electrons. The molecule has 0 saturated heterocycles. The Hall–Kier alpha value is -6.02. The van der Waals surface area contributed by atoms with Crippen LogP contribution in [0, 0.1) is 11.8 Å². The van der Waals surface area contributed by atoms with Crippen molar-refractivity contribution >= 4 is 34.9 Å². The van der Waals surface area contributed by atoms with Gasteiger partial charge in [0.15, 0.2) is 17.3 Å². The van der Waals surface area contributed by atoms with Crippen LogP contribution >= 0.6 is 0 Å². The summed E-state index contributed by atoms with van der Waals surface area (Å²) >= 11 is 0. The molecule has 4 atom stereocenters. The normalized spacial score (nSPS) is 16.7. The third-order valence-electron chi connectivity index (χ3n) is 12.1. The van der Waals surface area contributed by atoms with Gasteiger partial charge in [-0.3, -0.25) is 24.0 Å². The van der Waals surface area contributed by atoms with Gasteiger partial charge in [0.25, 0.3) is 0 Å². The summed E-state index contributed by atoms with van der Waals surface area (Å²) < 4.78 is 12.3. The first-order valence-electron chi connectivity index (χ1n) is 23.3. The number of amides is 2. The van der Waals surface area contributed by atoms with Crippen molar-refractivity contribution in [2.24, 2.45) is 29.0 Å². The van der Waals surface area contributed by atoms with E-state index in [1.54, 1.807) is 56.4 Å². The van der Waals surface area contributed by atoms with Gasteiger partial charge in [-0.1, -0.05) is 80.9 Å². The second-order valence-electron chi connectivity index (χ2n) is 17.4. The average molecular weight is 902 g/mol. The lowest BCUT2D eigenvalue weighted by atomic mass is 9.87. The first-order valence-corrected chi connectivity index (χ1v) is 23.3. The zero-order valence-corrected chi connectivity index (χ0v) is 38.9. The number of carbonyl (C=O) groups is 6. The second kappa shape index (κ2) is 25.0. The summed E-state index contributed by atoms with van der Waals surface area (Å²) in [4.78, 5) is 84.3. The van der Waals surface area contributed by atoms with E-state index < -0.39 is 41.5 Å². The topological polar surface area (TPSA) is 214 Å². The van der Waals surface area contributed by atoms with E-state index >= 15 is 0 Å². The second-order valence-corrected chi connectivity index (χ2v) is 17.4. The lowest BCUT2D eigenvalue weighted by molar-refractivity contribution is -0.142. The van der Waals surface area contributed by atoms with Crippen molar-refractivity contribution in [1.82, 2.24) is 10.2 Å². The van der Waals surface area contributed by atoms with E-state index in [4.69, 9.17) is 26.7 Å². The number of nitrogens with two attached hydrogens (primary N) is 3. The zero-order valence-electron chi connectivity index (χ0n) is 38.9. The van der Waals surface area contributed by atoms with E-state index in [1.807, 2.05) is 18.2 Å². The van der Waals surface area contributed by atoms with Crippen LogP contribution in [0.15, 0.2) is 84.9 Å². The van der Waals surface area contributed by atoms with Gasteiger partial charge in [-0.05, 0) is 97.7 Å². The minimum atomic E-state index is -1.20. The highest BCUT2D eigenvalue weighted by Crippen LogP contribution is 2.41. The summed E-state index contributed by atoms with van der Waals surface area (Å²) in [6.45, 7) is 6.28. The zero-order chi connectivity index (χ0) is 47.8. The van der Waals surface area contributed by atoms with Gasteiger partial charge in [-0.15, -0.1) is 0 Å². The smallest absolute Gasteiger partial charge is 0.226 e. The number of benzene rings is 4. The van der Waals surface area contributed by atoms with Crippen LogP contribution in [0.1, 0.15) is 105 Å². The van der Waals surface area contributed by atoms with Gasteiger partial charge in [-0.25, -0.2) is 0 Å². The molecule has 0 spiro atoms. The lowest BCUT2D eigenvalue weighted by Gasteiger charge is -2.32. The lowest BCUT2D eigenvalue weighted by Crippen LogP contribution is -2.46. The van der Waals surface area contributed by atoms with Crippen molar-refractivity contribution in [3.63, 3.8) is 0 Å². The first kappa shape index (κ1) is 51.0. The number of ketones is 4. The molecule has 4 bridgehead atoms. The highest BCUT2D eigenvalue weighted by molar-refractivity contribution is 6.00.